The van der Waals surface area contributed by atoms with Gasteiger partial charge in [-0.2, -0.15) is 4.72 Å². The second-order valence-corrected chi connectivity index (χ2v) is 10.7. The number of amides is 1. The number of sulfonamides is 1. The van der Waals surface area contributed by atoms with E-state index in [4.69, 9.17) is 9.47 Å². The molecule has 1 fully saturated rings. The van der Waals surface area contributed by atoms with E-state index in [9.17, 15) is 13.2 Å². The summed E-state index contributed by atoms with van der Waals surface area (Å²) in [6, 6.07) is 21.0. The third kappa shape index (κ3) is 6.23. The lowest BCUT2D eigenvalue weighted by Crippen LogP contribution is -2.55. The fraction of sp³-hybridized carbons (Fsp3) is 0.321. The van der Waals surface area contributed by atoms with Crippen molar-refractivity contribution in [3.63, 3.8) is 0 Å². The van der Waals surface area contributed by atoms with Crippen molar-refractivity contribution in [3.8, 4) is 11.5 Å². The van der Waals surface area contributed by atoms with Gasteiger partial charge in [-0.15, -0.1) is 0 Å². The predicted octanol–water partition coefficient (Wildman–Crippen LogP) is 3.25. The summed E-state index contributed by atoms with van der Waals surface area (Å²) in [6.07, 6.45) is 0.251. The highest BCUT2D eigenvalue weighted by Gasteiger charge is 2.32. The van der Waals surface area contributed by atoms with Gasteiger partial charge in [0.1, 0.15) is 17.5 Å². The average molecular weight is 524 g/mol. The van der Waals surface area contributed by atoms with E-state index in [-0.39, 0.29) is 17.2 Å². The van der Waals surface area contributed by atoms with Gasteiger partial charge in [-0.1, -0.05) is 42.5 Å². The van der Waals surface area contributed by atoms with E-state index in [1.807, 2.05) is 54.6 Å². The maximum absolute atomic E-state index is 13.7. The quantitative estimate of drug-likeness (QED) is 0.463. The van der Waals surface area contributed by atoms with Gasteiger partial charge in [-0.25, -0.2) is 8.42 Å². The van der Waals surface area contributed by atoms with Crippen LogP contribution in [0.5, 0.6) is 11.5 Å². The third-order valence-electron chi connectivity index (χ3n) is 6.57. The molecule has 196 valence electrons. The maximum atomic E-state index is 13.7. The first-order valence-corrected chi connectivity index (χ1v) is 13.7. The van der Waals surface area contributed by atoms with Crippen molar-refractivity contribution in [2.45, 2.75) is 24.3 Å². The molecule has 1 aliphatic heterocycles. The molecular formula is C28H33N3O5S. The van der Waals surface area contributed by atoms with Crippen LogP contribution in [0.25, 0.3) is 0 Å². The molecule has 4 rings (SSSR count). The van der Waals surface area contributed by atoms with Gasteiger partial charge in [-0.05, 0) is 54.8 Å². The molecule has 37 heavy (non-hydrogen) atoms. The summed E-state index contributed by atoms with van der Waals surface area (Å²) in [5.74, 6) is 1.15. The van der Waals surface area contributed by atoms with Crippen molar-refractivity contribution in [1.82, 2.24) is 9.62 Å². The minimum absolute atomic E-state index is 0.0950. The lowest BCUT2D eigenvalue weighted by molar-refractivity contribution is -0.133. The van der Waals surface area contributed by atoms with Gasteiger partial charge in [0.15, 0.2) is 0 Å². The molecule has 1 N–H and O–H groups in total. The van der Waals surface area contributed by atoms with Crippen LogP contribution in [0, 0.1) is 6.92 Å². The molecule has 0 radical (unpaired) electrons. The first kappa shape index (κ1) is 26.5. The lowest BCUT2D eigenvalue weighted by Gasteiger charge is -2.38. The number of nitrogens with one attached hydrogen (secondary N) is 1. The molecule has 1 atom stereocenters. The molecule has 1 saturated heterocycles. The number of anilines is 1. The van der Waals surface area contributed by atoms with Crippen LogP contribution in [-0.2, 0) is 21.2 Å². The summed E-state index contributed by atoms with van der Waals surface area (Å²) < 4.78 is 40.1. The third-order valence-corrected chi connectivity index (χ3v) is 8.04. The minimum Gasteiger partial charge on any atom is -0.496 e. The zero-order chi connectivity index (χ0) is 26.4. The minimum atomic E-state index is -3.95. The SMILES string of the molecule is COc1ccc(S(=O)(=O)N[C@@H](Cc2ccccc2)C(=O)N2CCN(c3ccccc3OC)CC2)cc1C. The molecule has 0 aliphatic carbocycles. The van der Waals surface area contributed by atoms with Gasteiger partial charge < -0.3 is 19.3 Å². The van der Waals surface area contributed by atoms with Crippen LogP contribution < -0.4 is 19.1 Å². The molecule has 0 aromatic heterocycles. The van der Waals surface area contributed by atoms with Crippen molar-refractivity contribution in [1.29, 1.82) is 0 Å². The fourth-order valence-corrected chi connectivity index (χ4v) is 5.86. The van der Waals surface area contributed by atoms with E-state index in [1.54, 1.807) is 31.1 Å². The second-order valence-electron chi connectivity index (χ2n) is 8.98. The molecule has 3 aromatic rings. The Hall–Kier alpha value is -3.56. The largest absolute Gasteiger partial charge is 0.496 e. The Balaban J connectivity index is 1.53. The number of methoxy groups -OCH3 is 2. The molecule has 1 aliphatic rings. The predicted molar refractivity (Wildman–Crippen MR) is 144 cm³/mol. The van der Waals surface area contributed by atoms with Gasteiger partial charge in [-0.3, -0.25) is 4.79 Å². The smallest absolute Gasteiger partial charge is 0.241 e. The Morgan fingerprint density at radius 3 is 2.19 bits per heavy atom. The van der Waals surface area contributed by atoms with Crippen molar-refractivity contribution in [2.75, 3.05) is 45.3 Å². The van der Waals surface area contributed by atoms with Gasteiger partial charge in [0.05, 0.1) is 24.8 Å². The van der Waals surface area contributed by atoms with E-state index in [0.717, 1.165) is 17.0 Å². The number of carbonyl (C=O) groups is 1. The number of piperazine rings is 1. The standard InChI is InChI=1S/C28H33N3O5S/c1-21-19-23(13-14-26(21)35-2)37(33,34)29-24(20-22-9-5-4-6-10-22)28(32)31-17-15-30(16-18-31)25-11-7-8-12-27(25)36-3/h4-14,19,24,29H,15-18,20H2,1-3H3/t24-/m0/s1. The van der Waals surface area contributed by atoms with Gasteiger partial charge in [0.25, 0.3) is 0 Å². The van der Waals surface area contributed by atoms with Crippen LogP contribution in [0.2, 0.25) is 0 Å². The van der Waals surface area contributed by atoms with Crippen LogP contribution in [0.4, 0.5) is 5.69 Å². The number of benzene rings is 3. The van der Waals surface area contributed by atoms with Crippen molar-refractivity contribution in [3.05, 3.63) is 83.9 Å². The number of carbonyl (C=O) groups excluding carboxylic acids is 1. The Morgan fingerprint density at radius 1 is 0.892 bits per heavy atom. The summed E-state index contributed by atoms with van der Waals surface area (Å²) >= 11 is 0. The number of nitrogens with zero attached hydrogens (tertiary/aromatic N) is 2. The van der Waals surface area contributed by atoms with Gasteiger partial charge in [0.2, 0.25) is 15.9 Å². The van der Waals surface area contributed by atoms with Crippen LogP contribution in [-0.4, -0.2) is 65.7 Å². The Labute approximate surface area is 218 Å². The fourth-order valence-electron chi connectivity index (χ4n) is 4.58. The number of aryl methyl sites for hydroxylation is 1. The van der Waals surface area contributed by atoms with E-state index >= 15 is 0 Å². The van der Waals surface area contributed by atoms with Crippen molar-refractivity contribution >= 4 is 21.6 Å². The average Bonchev–Trinajstić information content (AvgIpc) is 2.92. The van der Waals surface area contributed by atoms with E-state index < -0.39 is 16.1 Å². The monoisotopic (exact) mass is 523 g/mol. The molecule has 0 unspecified atom stereocenters. The number of rotatable bonds is 9. The van der Waals surface area contributed by atoms with Crippen LogP contribution in [0.15, 0.2) is 77.7 Å². The lowest BCUT2D eigenvalue weighted by atomic mass is 10.1. The normalized spacial score (nSPS) is 14.8. The highest BCUT2D eigenvalue weighted by molar-refractivity contribution is 7.89. The molecule has 0 spiro atoms. The zero-order valence-electron chi connectivity index (χ0n) is 21.4. The summed E-state index contributed by atoms with van der Waals surface area (Å²) in [7, 11) is -0.773. The van der Waals surface area contributed by atoms with Crippen LogP contribution >= 0.6 is 0 Å². The summed E-state index contributed by atoms with van der Waals surface area (Å²) in [5.41, 5.74) is 2.56. The molecule has 3 aromatic carbocycles. The first-order chi connectivity index (χ1) is 17.8. The number of hydrogen-bond acceptors (Lipinski definition) is 6. The molecule has 1 amide bonds. The molecule has 8 nitrogen and oxygen atoms in total. The molecule has 0 saturated carbocycles. The molecular weight excluding hydrogens is 490 g/mol. The zero-order valence-corrected chi connectivity index (χ0v) is 22.2. The summed E-state index contributed by atoms with van der Waals surface area (Å²) in [5, 5.41) is 0. The highest BCUT2D eigenvalue weighted by Crippen LogP contribution is 2.28. The second kappa shape index (κ2) is 11.7. The molecule has 1 heterocycles. The Bertz CT molecular complexity index is 1320. The maximum Gasteiger partial charge on any atom is 0.241 e. The highest BCUT2D eigenvalue weighted by atomic mass is 32.2. The van der Waals surface area contributed by atoms with E-state index in [0.29, 0.717) is 37.5 Å². The van der Waals surface area contributed by atoms with Crippen LogP contribution in [0.1, 0.15) is 11.1 Å². The Morgan fingerprint density at radius 2 is 1.54 bits per heavy atom. The first-order valence-electron chi connectivity index (χ1n) is 12.2. The molecule has 9 heteroatoms. The number of ether oxygens (including phenoxy) is 2. The van der Waals surface area contributed by atoms with Crippen LogP contribution in [0.3, 0.4) is 0 Å². The van der Waals surface area contributed by atoms with Gasteiger partial charge in [0, 0.05) is 26.2 Å². The van der Waals surface area contributed by atoms with Gasteiger partial charge >= 0.3 is 0 Å². The summed E-state index contributed by atoms with van der Waals surface area (Å²) in [6.45, 7) is 3.98. The van der Waals surface area contributed by atoms with E-state index in [1.165, 1.54) is 13.2 Å². The number of para-hydroxylation sites is 2. The van der Waals surface area contributed by atoms with E-state index in [2.05, 4.69) is 9.62 Å². The molecule has 0 bridgehead atoms. The Kier molecular flexibility index (Phi) is 8.35. The van der Waals surface area contributed by atoms with Crippen molar-refractivity contribution in [2.24, 2.45) is 0 Å². The number of hydrogen-bond donors (Lipinski definition) is 1. The summed E-state index contributed by atoms with van der Waals surface area (Å²) in [4.78, 5) is 17.7. The topological polar surface area (TPSA) is 88.2 Å². The van der Waals surface area contributed by atoms with Crippen molar-refractivity contribution < 1.29 is 22.7 Å².